The summed E-state index contributed by atoms with van der Waals surface area (Å²) in [4.78, 5) is 29.2. The van der Waals surface area contributed by atoms with Crippen molar-refractivity contribution in [2.75, 3.05) is 5.32 Å². The Kier molecular flexibility index (Phi) is 7.44. The number of ketones is 1. The minimum absolute atomic E-state index is 0. The average molecular weight is 466 g/mol. The van der Waals surface area contributed by atoms with Crippen LogP contribution in [-0.2, 0) is 17.3 Å². The normalized spacial score (nSPS) is 14.0. The molecule has 1 aliphatic carbocycles. The number of aromatic nitrogens is 1. The van der Waals surface area contributed by atoms with Crippen molar-refractivity contribution in [1.29, 1.82) is 0 Å². The third kappa shape index (κ3) is 5.84. The van der Waals surface area contributed by atoms with E-state index in [0.29, 0.717) is 36.3 Å². The van der Waals surface area contributed by atoms with Gasteiger partial charge in [0.05, 0.1) is 5.41 Å². The molecular weight excluding hydrogens is 436 g/mol. The van der Waals surface area contributed by atoms with Crippen LogP contribution in [0.15, 0.2) is 73.1 Å². The Bertz CT molecular complexity index is 1140. The Labute approximate surface area is 198 Å². The van der Waals surface area contributed by atoms with Gasteiger partial charge in [0, 0.05) is 54.8 Å². The SMILES string of the molecule is C.CC(F)(F)c1ccccc1Nc1ccc(CNC(=O)C2(CC(=O)c3cccnc3)CC2)cc1. The number of rotatable bonds is 9. The number of hydrogen-bond donors (Lipinski definition) is 2. The van der Waals surface area contributed by atoms with Crippen molar-refractivity contribution < 1.29 is 18.4 Å². The summed E-state index contributed by atoms with van der Waals surface area (Å²) in [6, 6.07) is 16.9. The summed E-state index contributed by atoms with van der Waals surface area (Å²) in [6.07, 6.45) is 4.68. The van der Waals surface area contributed by atoms with E-state index in [1.54, 1.807) is 48.7 Å². The van der Waals surface area contributed by atoms with E-state index in [1.165, 1.54) is 12.3 Å². The molecule has 7 heteroatoms. The molecule has 2 N–H and O–H groups in total. The van der Waals surface area contributed by atoms with Crippen molar-refractivity contribution in [3.63, 3.8) is 0 Å². The van der Waals surface area contributed by atoms with Crippen LogP contribution in [0.1, 0.15) is 55.1 Å². The summed E-state index contributed by atoms with van der Waals surface area (Å²) < 4.78 is 27.7. The first-order chi connectivity index (χ1) is 15.8. The van der Waals surface area contributed by atoms with E-state index < -0.39 is 11.3 Å². The van der Waals surface area contributed by atoms with Gasteiger partial charge in [-0.3, -0.25) is 14.6 Å². The van der Waals surface area contributed by atoms with Crippen molar-refractivity contribution in [2.45, 2.75) is 46.1 Å². The van der Waals surface area contributed by atoms with E-state index in [-0.39, 0.29) is 31.1 Å². The molecule has 1 amide bonds. The Hall–Kier alpha value is -3.61. The zero-order chi connectivity index (χ0) is 23.5. The van der Waals surface area contributed by atoms with E-state index in [9.17, 15) is 18.4 Å². The van der Waals surface area contributed by atoms with Crippen molar-refractivity contribution in [3.8, 4) is 0 Å². The van der Waals surface area contributed by atoms with Crippen LogP contribution >= 0.6 is 0 Å². The number of carbonyl (C=O) groups excluding carboxylic acids is 2. The number of Topliss-reactive ketones (excluding diaryl/α,β-unsaturated/α-hetero) is 1. The lowest BCUT2D eigenvalue weighted by Gasteiger charge is -2.17. The van der Waals surface area contributed by atoms with Gasteiger partial charge in [0.1, 0.15) is 0 Å². The predicted molar refractivity (Wildman–Crippen MR) is 129 cm³/mol. The molecule has 178 valence electrons. The van der Waals surface area contributed by atoms with E-state index in [4.69, 9.17) is 0 Å². The molecule has 1 heterocycles. The second kappa shape index (κ2) is 10.1. The van der Waals surface area contributed by atoms with Crippen LogP contribution in [0.3, 0.4) is 0 Å². The average Bonchev–Trinajstić information content (AvgIpc) is 3.59. The maximum atomic E-state index is 13.8. The highest BCUT2D eigenvalue weighted by molar-refractivity contribution is 6.00. The number of alkyl halides is 2. The lowest BCUT2D eigenvalue weighted by Crippen LogP contribution is -2.33. The number of anilines is 2. The van der Waals surface area contributed by atoms with Gasteiger partial charge >= 0.3 is 0 Å². The number of carbonyl (C=O) groups is 2. The van der Waals surface area contributed by atoms with Gasteiger partial charge in [-0.2, -0.15) is 0 Å². The van der Waals surface area contributed by atoms with Gasteiger partial charge in [0.2, 0.25) is 5.91 Å². The molecule has 0 saturated heterocycles. The fraction of sp³-hybridized carbons (Fsp3) is 0.296. The number of para-hydroxylation sites is 1. The van der Waals surface area contributed by atoms with Crippen molar-refractivity contribution in [1.82, 2.24) is 10.3 Å². The molecule has 1 fully saturated rings. The van der Waals surface area contributed by atoms with E-state index in [1.807, 2.05) is 12.1 Å². The number of nitrogens with one attached hydrogen (secondary N) is 2. The number of benzene rings is 2. The summed E-state index contributed by atoms with van der Waals surface area (Å²) in [6.45, 7) is 1.20. The van der Waals surface area contributed by atoms with Gasteiger partial charge in [0.15, 0.2) is 5.78 Å². The van der Waals surface area contributed by atoms with Crippen molar-refractivity contribution >= 4 is 23.1 Å². The molecule has 0 bridgehead atoms. The molecule has 0 atom stereocenters. The number of nitrogens with zero attached hydrogens (tertiary/aromatic N) is 1. The fourth-order valence-electron chi connectivity index (χ4n) is 3.78. The van der Waals surface area contributed by atoms with Crippen LogP contribution in [0.2, 0.25) is 0 Å². The molecule has 0 aliphatic heterocycles. The highest BCUT2D eigenvalue weighted by Gasteiger charge is 2.50. The van der Waals surface area contributed by atoms with Crippen molar-refractivity contribution in [2.24, 2.45) is 5.41 Å². The molecule has 0 unspecified atom stereocenters. The summed E-state index contributed by atoms with van der Waals surface area (Å²) in [5, 5.41) is 5.96. The van der Waals surface area contributed by atoms with Gasteiger partial charge in [-0.15, -0.1) is 0 Å². The molecular formula is C27H29F2N3O2. The van der Waals surface area contributed by atoms with Crippen molar-refractivity contribution in [3.05, 3.63) is 89.7 Å². The number of pyridine rings is 1. The third-order valence-corrected chi connectivity index (χ3v) is 5.90. The largest absolute Gasteiger partial charge is 0.355 e. The Morgan fingerprint density at radius 2 is 1.74 bits per heavy atom. The van der Waals surface area contributed by atoms with E-state index in [2.05, 4.69) is 15.6 Å². The molecule has 0 spiro atoms. The Morgan fingerprint density at radius 1 is 1.03 bits per heavy atom. The molecule has 1 aliphatic rings. The third-order valence-electron chi connectivity index (χ3n) is 5.90. The van der Waals surface area contributed by atoms with Crippen LogP contribution in [0.25, 0.3) is 0 Å². The molecule has 4 rings (SSSR count). The van der Waals surface area contributed by atoms with Crippen LogP contribution in [-0.4, -0.2) is 16.7 Å². The highest BCUT2D eigenvalue weighted by atomic mass is 19.3. The van der Waals surface area contributed by atoms with Gasteiger partial charge in [0.25, 0.3) is 5.92 Å². The maximum Gasteiger partial charge on any atom is 0.272 e. The first-order valence-corrected chi connectivity index (χ1v) is 10.8. The maximum absolute atomic E-state index is 13.8. The summed E-state index contributed by atoms with van der Waals surface area (Å²) in [7, 11) is 0. The Morgan fingerprint density at radius 3 is 2.35 bits per heavy atom. The molecule has 5 nitrogen and oxygen atoms in total. The Balaban J connectivity index is 0.00000324. The molecule has 1 aromatic heterocycles. The lowest BCUT2D eigenvalue weighted by molar-refractivity contribution is -0.126. The molecule has 0 radical (unpaired) electrons. The quantitative estimate of drug-likeness (QED) is 0.367. The van der Waals surface area contributed by atoms with Crippen LogP contribution < -0.4 is 10.6 Å². The summed E-state index contributed by atoms with van der Waals surface area (Å²) in [5.41, 5.74) is 1.70. The fourth-order valence-corrected chi connectivity index (χ4v) is 3.78. The van der Waals surface area contributed by atoms with Gasteiger partial charge in [-0.1, -0.05) is 37.8 Å². The number of halogens is 2. The molecule has 1 saturated carbocycles. The standard InChI is InChI=1S/C26H25F2N3O2.CH4/c1-25(27,28)21-6-2-3-7-22(21)31-20-10-8-18(9-11-20)16-30-24(33)26(12-13-26)15-23(32)19-5-4-14-29-17-19;/h2-11,14,17,31H,12-13,15-16H2,1H3,(H,30,33);1H4. The van der Waals surface area contributed by atoms with E-state index >= 15 is 0 Å². The summed E-state index contributed by atoms with van der Waals surface area (Å²) >= 11 is 0. The second-order valence-corrected chi connectivity index (χ2v) is 8.56. The molecule has 34 heavy (non-hydrogen) atoms. The zero-order valence-corrected chi connectivity index (χ0v) is 18.3. The second-order valence-electron chi connectivity index (χ2n) is 8.56. The molecule has 3 aromatic rings. The first-order valence-electron chi connectivity index (χ1n) is 10.8. The van der Waals surface area contributed by atoms with Gasteiger partial charge in [-0.05, 0) is 48.7 Å². The summed E-state index contributed by atoms with van der Waals surface area (Å²) in [5.74, 6) is -3.16. The smallest absolute Gasteiger partial charge is 0.272 e. The first kappa shape index (κ1) is 25.0. The monoisotopic (exact) mass is 465 g/mol. The zero-order valence-electron chi connectivity index (χ0n) is 18.3. The highest BCUT2D eigenvalue weighted by Crippen LogP contribution is 2.49. The van der Waals surface area contributed by atoms with Crippen LogP contribution in [0, 0.1) is 5.41 Å². The number of amides is 1. The van der Waals surface area contributed by atoms with Crippen LogP contribution in [0.4, 0.5) is 20.2 Å². The predicted octanol–water partition coefficient (Wildman–Crippen LogP) is 6.24. The van der Waals surface area contributed by atoms with Gasteiger partial charge in [-0.25, -0.2) is 8.78 Å². The number of hydrogen-bond acceptors (Lipinski definition) is 4. The van der Waals surface area contributed by atoms with Gasteiger partial charge < -0.3 is 10.6 Å². The minimum atomic E-state index is -2.95. The van der Waals surface area contributed by atoms with E-state index in [0.717, 1.165) is 12.5 Å². The lowest BCUT2D eigenvalue weighted by atomic mass is 9.95. The topological polar surface area (TPSA) is 71.1 Å². The minimum Gasteiger partial charge on any atom is -0.355 e. The molecule has 2 aromatic carbocycles. The van der Waals surface area contributed by atoms with Crippen LogP contribution in [0.5, 0.6) is 0 Å².